The van der Waals surface area contributed by atoms with Crippen LogP contribution in [0.5, 0.6) is 0 Å². The number of carbonyl (C=O) groups is 2. The molecule has 0 aromatic heterocycles. The van der Waals surface area contributed by atoms with Gasteiger partial charge in [-0.3, -0.25) is 4.79 Å². The maximum Gasteiger partial charge on any atom is 0.329 e. The van der Waals surface area contributed by atoms with Gasteiger partial charge in [0.2, 0.25) is 5.91 Å². The molecule has 0 heterocycles. The zero-order valence-electron chi connectivity index (χ0n) is 10.9. The molecule has 4 heteroatoms. The van der Waals surface area contributed by atoms with Gasteiger partial charge in [-0.2, -0.15) is 0 Å². The molecule has 0 bridgehead atoms. The molecule has 1 amide bonds. The van der Waals surface area contributed by atoms with Crippen molar-refractivity contribution in [2.24, 2.45) is 5.92 Å². The molecule has 0 saturated heterocycles. The predicted octanol–water partition coefficient (Wildman–Crippen LogP) is 2.47. The van der Waals surface area contributed by atoms with Crippen LogP contribution in [-0.2, 0) is 9.59 Å². The van der Waals surface area contributed by atoms with Crippen LogP contribution < -0.4 is 5.32 Å². The SMILES string of the molecule is O=C(CCC1CCCC1)NC1(C(=O)O)CCCC1. The number of carboxylic acid groups (broad SMARTS) is 1. The van der Waals surface area contributed by atoms with E-state index < -0.39 is 11.5 Å². The van der Waals surface area contributed by atoms with Gasteiger partial charge in [0, 0.05) is 6.42 Å². The Labute approximate surface area is 108 Å². The van der Waals surface area contributed by atoms with Crippen LogP contribution >= 0.6 is 0 Å². The third-order valence-corrected chi connectivity index (χ3v) is 4.50. The second-order valence-electron chi connectivity index (χ2n) is 5.83. The van der Waals surface area contributed by atoms with Gasteiger partial charge in [-0.05, 0) is 25.2 Å². The number of carbonyl (C=O) groups excluding carboxylic acids is 1. The van der Waals surface area contributed by atoms with Crippen LogP contribution in [-0.4, -0.2) is 22.5 Å². The average Bonchev–Trinajstić information content (AvgIpc) is 2.97. The van der Waals surface area contributed by atoms with Crippen LogP contribution in [0.1, 0.15) is 64.2 Å². The first-order valence-corrected chi connectivity index (χ1v) is 7.17. The third-order valence-electron chi connectivity index (χ3n) is 4.50. The number of nitrogens with one attached hydrogen (secondary N) is 1. The number of hydrogen-bond acceptors (Lipinski definition) is 2. The van der Waals surface area contributed by atoms with Crippen LogP contribution in [0.3, 0.4) is 0 Å². The van der Waals surface area contributed by atoms with Crippen LogP contribution in [0.25, 0.3) is 0 Å². The Morgan fingerprint density at radius 1 is 1.11 bits per heavy atom. The lowest BCUT2D eigenvalue weighted by Crippen LogP contribution is -2.52. The molecule has 18 heavy (non-hydrogen) atoms. The molecule has 0 aromatic carbocycles. The quantitative estimate of drug-likeness (QED) is 0.791. The Morgan fingerprint density at radius 2 is 1.72 bits per heavy atom. The minimum atomic E-state index is -0.966. The van der Waals surface area contributed by atoms with E-state index in [0.717, 1.165) is 19.3 Å². The smallest absolute Gasteiger partial charge is 0.329 e. The third kappa shape index (κ3) is 3.03. The van der Waals surface area contributed by atoms with Gasteiger partial charge in [-0.25, -0.2) is 4.79 Å². The summed E-state index contributed by atoms with van der Waals surface area (Å²) < 4.78 is 0. The van der Waals surface area contributed by atoms with Crippen LogP contribution in [0.2, 0.25) is 0 Å². The Morgan fingerprint density at radius 3 is 2.28 bits per heavy atom. The highest BCUT2D eigenvalue weighted by Crippen LogP contribution is 2.31. The van der Waals surface area contributed by atoms with Crippen molar-refractivity contribution in [2.75, 3.05) is 0 Å². The molecule has 2 rings (SSSR count). The fourth-order valence-corrected chi connectivity index (χ4v) is 3.33. The standard InChI is InChI=1S/C14H23NO3/c16-12(8-7-11-5-1-2-6-11)15-14(13(17)18)9-3-4-10-14/h11H,1-10H2,(H,15,16)(H,17,18). The topological polar surface area (TPSA) is 66.4 Å². The summed E-state index contributed by atoms with van der Waals surface area (Å²) in [6.07, 6.45) is 9.39. The average molecular weight is 253 g/mol. The van der Waals surface area contributed by atoms with Crippen molar-refractivity contribution in [3.63, 3.8) is 0 Å². The van der Waals surface area contributed by atoms with Crippen molar-refractivity contribution < 1.29 is 14.7 Å². The van der Waals surface area contributed by atoms with E-state index in [2.05, 4.69) is 5.32 Å². The van der Waals surface area contributed by atoms with Gasteiger partial charge >= 0.3 is 5.97 Å². The molecule has 2 fully saturated rings. The summed E-state index contributed by atoms with van der Waals surface area (Å²) in [6, 6.07) is 0. The van der Waals surface area contributed by atoms with Gasteiger partial charge in [0.05, 0.1) is 0 Å². The maximum absolute atomic E-state index is 11.9. The Bertz CT molecular complexity index is 315. The summed E-state index contributed by atoms with van der Waals surface area (Å²) in [5.74, 6) is -0.263. The molecule has 0 spiro atoms. The molecule has 0 radical (unpaired) electrons. The molecule has 2 aliphatic carbocycles. The second kappa shape index (κ2) is 5.72. The van der Waals surface area contributed by atoms with E-state index in [1.807, 2.05) is 0 Å². The Balaban J connectivity index is 1.80. The highest BCUT2D eigenvalue weighted by Gasteiger charge is 2.42. The van der Waals surface area contributed by atoms with Crippen molar-refractivity contribution in [3.8, 4) is 0 Å². The van der Waals surface area contributed by atoms with Gasteiger partial charge in [0.1, 0.15) is 5.54 Å². The van der Waals surface area contributed by atoms with E-state index in [9.17, 15) is 14.7 Å². The predicted molar refractivity (Wildman–Crippen MR) is 68.2 cm³/mol. The molecule has 0 aliphatic heterocycles. The summed E-state index contributed by atoms with van der Waals surface area (Å²) in [5.41, 5.74) is -0.966. The number of carboxylic acids is 1. The lowest BCUT2D eigenvalue weighted by Gasteiger charge is -2.25. The molecule has 0 atom stereocenters. The monoisotopic (exact) mass is 253 g/mol. The van der Waals surface area contributed by atoms with Gasteiger partial charge in [0.15, 0.2) is 0 Å². The van der Waals surface area contributed by atoms with Gasteiger partial charge in [-0.15, -0.1) is 0 Å². The normalized spacial score (nSPS) is 23.1. The van der Waals surface area contributed by atoms with E-state index in [1.165, 1.54) is 25.7 Å². The van der Waals surface area contributed by atoms with Crippen LogP contribution in [0, 0.1) is 5.92 Å². The van der Waals surface area contributed by atoms with E-state index >= 15 is 0 Å². The highest BCUT2D eigenvalue weighted by atomic mass is 16.4. The van der Waals surface area contributed by atoms with Crippen molar-refractivity contribution >= 4 is 11.9 Å². The van der Waals surface area contributed by atoms with Crippen LogP contribution in [0.4, 0.5) is 0 Å². The largest absolute Gasteiger partial charge is 0.480 e. The number of aliphatic carboxylic acids is 1. The van der Waals surface area contributed by atoms with Gasteiger partial charge in [-0.1, -0.05) is 38.5 Å². The summed E-state index contributed by atoms with van der Waals surface area (Å²) in [5, 5.41) is 12.1. The first-order chi connectivity index (χ1) is 8.62. The zero-order chi connectivity index (χ0) is 13.0. The lowest BCUT2D eigenvalue weighted by molar-refractivity contribution is -0.147. The Hall–Kier alpha value is -1.06. The van der Waals surface area contributed by atoms with Crippen LogP contribution in [0.15, 0.2) is 0 Å². The van der Waals surface area contributed by atoms with Crippen molar-refractivity contribution in [2.45, 2.75) is 69.7 Å². The van der Waals surface area contributed by atoms with E-state index in [4.69, 9.17) is 0 Å². The molecule has 2 N–H and O–H groups in total. The summed E-state index contributed by atoms with van der Waals surface area (Å²) >= 11 is 0. The van der Waals surface area contributed by atoms with Crippen molar-refractivity contribution in [1.29, 1.82) is 0 Å². The minimum Gasteiger partial charge on any atom is -0.480 e. The minimum absolute atomic E-state index is 0.0776. The molecule has 0 unspecified atom stereocenters. The number of rotatable bonds is 5. The van der Waals surface area contributed by atoms with Gasteiger partial charge in [0.25, 0.3) is 0 Å². The maximum atomic E-state index is 11.9. The fraction of sp³-hybridized carbons (Fsp3) is 0.857. The first-order valence-electron chi connectivity index (χ1n) is 7.17. The fourth-order valence-electron chi connectivity index (χ4n) is 3.33. The van der Waals surface area contributed by atoms with E-state index in [-0.39, 0.29) is 5.91 Å². The van der Waals surface area contributed by atoms with E-state index in [1.54, 1.807) is 0 Å². The summed E-state index contributed by atoms with van der Waals surface area (Å²) in [6.45, 7) is 0. The zero-order valence-corrected chi connectivity index (χ0v) is 10.9. The Kier molecular flexibility index (Phi) is 4.25. The summed E-state index contributed by atoms with van der Waals surface area (Å²) in [4.78, 5) is 23.2. The van der Waals surface area contributed by atoms with Crippen molar-refractivity contribution in [3.05, 3.63) is 0 Å². The second-order valence-corrected chi connectivity index (χ2v) is 5.83. The lowest BCUT2D eigenvalue weighted by atomic mass is 9.96. The number of hydrogen-bond donors (Lipinski definition) is 2. The summed E-state index contributed by atoms with van der Waals surface area (Å²) in [7, 11) is 0. The molecule has 2 aliphatic rings. The molecular formula is C14H23NO3. The molecule has 0 aromatic rings. The molecule has 2 saturated carbocycles. The highest BCUT2D eigenvalue weighted by molar-refractivity contribution is 5.87. The van der Waals surface area contributed by atoms with E-state index in [0.29, 0.717) is 25.2 Å². The number of amides is 1. The van der Waals surface area contributed by atoms with Gasteiger partial charge < -0.3 is 10.4 Å². The molecule has 102 valence electrons. The van der Waals surface area contributed by atoms with Crippen molar-refractivity contribution in [1.82, 2.24) is 5.32 Å². The first kappa shape index (κ1) is 13.4. The molecule has 4 nitrogen and oxygen atoms in total. The molecular weight excluding hydrogens is 230 g/mol.